The molecular weight excluding hydrogens is 228 g/mol. The van der Waals surface area contributed by atoms with Gasteiger partial charge < -0.3 is 9.84 Å². The third-order valence-corrected chi connectivity index (χ3v) is 4.20. The van der Waals surface area contributed by atoms with E-state index in [1.54, 1.807) is 18.0 Å². The van der Waals surface area contributed by atoms with Gasteiger partial charge in [0.1, 0.15) is 11.3 Å². The summed E-state index contributed by atoms with van der Waals surface area (Å²) in [4.78, 5) is 0. The number of aryl methyl sites for hydroxylation is 1. The van der Waals surface area contributed by atoms with Crippen LogP contribution in [0.3, 0.4) is 0 Å². The second-order valence-electron chi connectivity index (χ2n) is 5.45. The highest BCUT2D eigenvalue weighted by molar-refractivity contribution is 5.31. The highest BCUT2D eigenvalue weighted by atomic mass is 16.5. The Morgan fingerprint density at radius 1 is 1.50 bits per heavy atom. The number of rotatable bonds is 4. The van der Waals surface area contributed by atoms with E-state index in [-0.39, 0.29) is 0 Å². The van der Waals surface area contributed by atoms with Crippen LogP contribution in [0.5, 0.6) is 5.75 Å². The third kappa shape index (κ3) is 2.39. The third-order valence-electron chi connectivity index (χ3n) is 4.20. The van der Waals surface area contributed by atoms with E-state index in [9.17, 15) is 5.11 Å². The van der Waals surface area contributed by atoms with E-state index in [4.69, 9.17) is 4.74 Å². The standard InChI is InChI=1S/C14H24N2O2/c1-4-5-11-6-8-14(17,9-7-11)13-12(18-3)10-15-16(13)2/h10-11,17H,4-9H2,1-3H3. The molecule has 0 spiro atoms. The average molecular weight is 252 g/mol. The number of ether oxygens (including phenoxy) is 1. The molecule has 1 aliphatic carbocycles. The molecule has 1 aliphatic rings. The fourth-order valence-electron chi connectivity index (χ4n) is 3.19. The van der Waals surface area contributed by atoms with Crippen LogP contribution in [0.2, 0.25) is 0 Å². The van der Waals surface area contributed by atoms with Crippen molar-refractivity contribution in [2.24, 2.45) is 13.0 Å². The van der Waals surface area contributed by atoms with Gasteiger partial charge in [0.05, 0.1) is 13.3 Å². The van der Waals surface area contributed by atoms with Crippen molar-refractivity contribution in [2.75, 3.05) is 7.11 Å². The Bertz CT molecular complexity index is 392. The molecule has 1 fully saturated rings. The zero-order valence-electron chi connectivity index (χ0n) is 11.6. The number of nitrogens with zero attached hydrogens (tertiary/aromatic N) is 2. The molecule has 0 aliphatic heterocycles. The van der Waals surface area contributed by atoms with Crippen molar-refractivity contribution >= 4 is 0 Å². The van der Waals surface area contributed by atoms with E-state index in [0.29, 0.717) is 5.75 Å². The van der Waals surface area contributed by atoms with Gasteiger partial charge in [-0.1, -0.05) is 19.8 Å². The molecule has 0 saturated heterocycles. The van der Waals surface area contributed by atoms with Gasteiger partial charge in [-0.25, -0.2) is 0 Å². The fourth-order valence-corrected chi connectivity index (χ4v) is 3.19. The normalized spacial score (nSPS) is 28.3. The minimum Gasteiger partial charge on any atom is -0.493 e. The van der Waals surface area contributed by atoms with Gasteiger partial charge in [-0.05, 0) is 31.6 Å². The number of hydrogen-bond donors (Lipinski definition) is 1. The second-order valence-corrected chi connectivity index (χ2v) is 5.45. The van der Waals surface area contributed by atoms with E-state index in [0.717, 1.165) is 37.3 Å². The van der Waals surface area contributed by atoms with Crippen LogP contribution in [0, 0.1) is 5.92 Å². The van der Waals surface area contributed by atoms with Gasteiger partial charge in [0.2, 0.25) is 0 Å². The summed E-state index contributed by atoms with van der Waals surface area (Å²) in [5.41, 5.74) is 0.0702. The molecule has 0 unspecified atom stereocenters. The van der Waals surface area contributed by atoms with Gasteiger partial charge in [0.25, 0.3) is 0 Å². The van der Waals surface area contributed by atoms with Crippen molar-refractivity contribution in [1.29, 1.82) is 0 Å². The highest BCUT2D eigenvalue weighted by Crippen LogP contribution is 2.43. The largest absolute Gasteiger partial charge is 0.493 e. The lowest BCUT2D eigenvalue weighted by Crippen LogP contribution is -2.34. The lowest BCUT2D eigenvalue weighted by Gasteiger charge is -2.36. The first-order valence-electron chi connectivity index (χ1n) is 6.89. The lowest BCUT2D eigenvalue weighted by atomic mass is 9.75. The van der Waals surface area contributed by atoms with Crippen molar-refractivity contribution in [2.45, 2.75) is 51.0 Å². The Morgan fingerprint density at radius 3 is 2.72 bits per heavy atom. The van der Waals surface area contributed by atoms with Crippen LogP contribution in [-0.4, -0.2) is 22.0 Å². The molecule has 4 nitrogen and oxygen atoms in total. The molecule has 1 saturated carbocycles. The van der Waals surface area contributed by atoms with Crippen LogP contribution in [0.4, 0.5) is 0 Å². The van der Waals surface area contributed by atoms with Gasteiger partial charge in [0, 0.05) is 7.05 Å². The highest BCUT2D eigenvalue weighted by Gasteiger charge is 2.39. The molecule has 4 heteroatoms. The Kier molecular flexibility index (Phi) is 3.95. The van der Waals surface area contributed by atoms with Crippen molar-refractivity contribution in [3.05, 3.63) is 11.9 Å². The first kappa shape index (κ1) is 13.4. The quantitative estimate of drug-likeness (QED) is 0.896. The predicted molar refractivity (Wildman–Crippen MR) is 70.5 cm³/mol. The van der Waals surface area contributed by atoms with Crippen molar-refractivity contribution in [1.82, 2.24) is 9.78 Å². The fraction of sp³-hybridized carbons (Fsp3) is 0.786. The van der Waals surface area contributed by atoms with Gasteiger partial charge >= 0.3 is 0 Å². The minimum absolute atomic E-state index is 0.703. The first-order valence-corrected chi connectivity index (χ1v) is 6.89. The maximum absolute atomic E-state index is 10.9. The van der Waals surface area contributed by atoms with E-state index < -0.39 is 5.60 Å². The number of aromatic nitrogens is 2. The number of aliphatic hydroxyl groups is 1. The van der Waals surface area contributed by atoms with Crippen molar-refractivity contribution in [3.63, 3.8) is 0 Å². The maximum atomic E-state index is 10.9. The molecule has 0 radical (unpaired) electrons. The Balaban J connectivity index is 2.15. The average Bonchev–Trinajstić information content (AvgIpc) is 2.75. The summed E-state index contributed by atoms with van der Waals surface area (Å²) < 4.78 is 7.06. The van der Waals surface area contributed by atoms with Crippen LogP contribution in [0.1, 0.15) is 51.1 Å². The molecule has 18 heavy (non-hydrogen) atoms. The molecule has 1 aromatic heterocycles. The molecular formula is C14H24N2O2. The predicted octanol–water partition coefficient (Wildman–Crippen LogP) is 2.61. The number of hydrogen-bond acceptors (Lipinski definition) is 3. The molecule has 1 N–H and O–H groups in total. The zero-order chi connectivity index (χ0) is 13.2. The van der Waals surface area contributed by atoms with Crippen molar-refractivity contribution in [3.8, 4) is 5.75 Å². The summed E-state index contributed by atoms with van der Waals surface area (Å²) in [5, 5.41) is 15.1. The zero-order valence-corrected chi connectivity index (χ0v) is 11.6. The molecule has 0 atom stereocenters. The van der Waals surface area contributed by atoms with E-state index in [2.05, 4.69) is 12.0 Å². The summed E-state index contributed by atoms with van der Waals surface area (Å²) in [7, 11) is 3.50. The first-order chi connectivity index (χ1) is 8.60. The summed E-state index contributed by atoms with van der Waals surface area (Å²) in [6.45, 7) is 2.23. The van der Waals surface area contributed by atoms with E-state index >= 15 is 0 Å². The Labute approximate surface area is 109 Å². The van der Waals surface area contributed by atoms with Crippen LogP contribution in [-0.2, 0) is 12.6 Å². The van der Waals surface area contributed by atoms with Gasteiger partial charge in [-0.2, -0.15) is 5.10 Å². The van der Waals surface area contributed by atoms with Gasteiger partial charge in [-0.3, -0.25) is 4.68 Å². The van der Waals surface area contributed by atoms with Crippen LogP contribution in [0.15, 0.2) is 6.20 Å². The topological polar surface area (TPSA) is 47.3 Å². The smallest absolute Gasteiger partial charge is 0.162 e. The van der Waals surface area contributed by atoms with Crippen LogP contribution >= 0.6 is 0 Å². The van der Waals surface area contributed by atoms with Crippen molar-refractivity contribution < 1.29 is 9.84 Å². The Morgan fingerprint density at radius 2 is 2.17 bits per heavy atom. The molecule has 0 aromatic carbocycles. The molecule has 102 valence electrons. The van der Waals surface area contributed by atoms with Crippen LogP contribution in [0.25, 0.3) is 0 Å². The summed E-state index contributed by atoms with van der Waals surface area (Å²) in [5.74, 6) is 1.48. The minimum atomic E-state index is -0.763. The molecule has 0 amide bonds. The molecule has 0 bridgehead atoms. The lowest BCUT2D eigenvalue weighted by molar-refractivity contribution is -0.0236. The van der Waals surface area contributed by atoms with Crippen LogP contribution < -0.4 is 4.74 Å². The van der Waals surface area contributed by atoms with E-state index in [1.807, 2.05) is 7.05 Å². The number of methoxy groups -OCH3 is 1. The Hall–Kier alpha value is -1.03. The maximum Gasteiger partial charge on any atom is 0.162 e. The monoisotopic (exact) mass is 252 g/mol. The second kappa shape index (κ2) is 5.31. The SMILES string of the molecule is CCCC1CCC(O)(c2c(OC)cnn2C)CC1. The van der Waals surface area contributed by atoms with Gasteiger partial charge in [0.15, 0.2) is 5.75 Å². The summed E-state index contributed by atoms with van der Waals surface area (Å²) in [6.07, 6.45) is 8.01. The van der Waals surface area contributed by atoms with Gasteiger partial charge in [-0.15, -0.1) is 0 Å². The van der Waals surface area contributed by atoms with E-state index in [1.165, 1.54) is 12.8 Å². The molecule has 2 rings (SSSR count). The molecule has 1 aromatic rings. The summed E-state index contributed by atoms with van der Waals surface area (Å²) >= 11 is 0. The molecule has 1 heterocycles. The summed E-state index contributed by atoms with van der Waals surface area (Å²) in [6, 6.07) is 0.